The van der Waals surface area contributed by atoms with Crippen LogP contribution in [0, 0.1) is 19.7 Å². The maximum atomic E-state index is 14.5. The number of aryl methyl sites for hydroxylation is 2. The fraction of sp³-hybridized carbons (Fsp3) is 0.308. The summed E-state index contributed by atoms with van der Waals surface area (Å²) in [4.78, 5) is 28.2. The number of rotatable bonds is 7. The molecule has 0 N–H and O–H groups in total. The summed E-state index contributed by atoms with van der Waals surface area (Å²) in [7, 11) is 3.81. The molecule has 0 fully saturated rings. The number of carbonyl (C=O) groups excluding carboxylic acids is 1. The number of furan rings is 1. The van der Waals surface area contributed by atoms with Crippen molar-refractivity contribution in [2.45, 2.75) is 33.9 Å². The van der Waals surface area contributed by atoms with Gasteiger partial charge >= 0.3 is 5.97 Å². The third-order valence-corrected chi connectivity index (χ3v) is 5.69. The SMILES string of the molecule is CCOC(=O)c1cn(Cc2ccccc2F)c2cc(-c3cc(C)oc3C)c(CN(C)C)n2c1=O. The van der Waals surface area contributed by atoms with Crippen LogP contribution in [0.1, 0.15) is 40.1 Å². The summed E-state index contributed by atoms with van der Waals surface area (Å²) in [5, 5.41) is 0. The molecule has 4 aromatic rings. The van der Waals surface area contributed by atoms with Crippen LogP contribution in [0.2, 0.25) is 0 Å². The first kappa shape index (κ1) is 23.5. The third kappa shape index (κ3) is 4.28. The van der Waals surface area contributed by atoms with Gasteiger partial charge in [0.25, 0.3) is 5.56 Å². The summed E-state index contributed by atoms with van der Waals surface area (Å²) in [5.74, 6) is 0.413. The van der Waals surface area contributed by atoms with Crippen LogP contribution in [0.5, 0.6) is 0 Å². The summed E-state index contributed by atoms with van der Waals surface area (Å²) in [5.41, 5.74) is 2.81. The molecule has 4 rings (SSSR count). The Balaban J connectivity index is 2.06. The van der Waals surface area contributed by atoms with Gasteiger partial charge in [-0.2, -0.15) is 0 Å². The Bertz CT molecular complexity index is 1430. The molecular weight excluding hydrogens is 437 g/mol. The first-order valence-corrected chi connectivity index (χ1v) is 11.1. The number of nitrogens with zero attached hydrogens (tertiary/aromatic N) is 3. The molecule has 0 saturated carbocycles. The van der Waals surface area contributed by atoms with Gasteiger partial charge in [-0.3, -0.25) is 9.20 Å². The molecule has 0 aliphatic carbocycles. The van der Waals surface area contributed by atoms with E-state index in [4.69, 9.17) is 9.15 Å². The van der Waals surface area contributed by atoms with Gasteiger partial charge in [-0.05, 0) is 53.1 Å². The standard InChI is InChI=1S/C26H28FN3O4/c1-6-33-26(32)21-14-29(13-18-9-7-8-10-22(18)27)24-12-20(19-11-16(2)34-17(19)3)23(15-28(4)5)30(24)25(21)31/h7-12,14H,6,13,15H2,1-5H3. The van der Waals surface area contributed by atoms with Crippen LogP contribution in [0.4, 0.5) is 4.39 Å². The Morgan fingerprint density at radius 2 is 1.88 bits per heavy atom. The van der Waals surface area contributed by atoms with Crippen LogP contribution in [-0.4, -0.2) is 40.5 Å². The monoisotopic (exact) mass is 465 g/mol. The van der Waals surface area contributed by atoms with Crippen molar-refractivity contribution in [1.29, 1.82) is 0 Å². The molecule has 0 radical (unpaired) electrons. The predicted octanol–water partition coefficient (Wildman–Crippen LogP) is 4.40. The second kappa shape index (κ2) is 9.30. The van der Waals surface area contributed by atoms with E-state index in [9.17, 15) is 14.0 Å². The zero-order valence-corrected chi connectivity index (χ0v) is 20.0. The molecule has 0 bridgehead atoms. The molecule has 0 saturated heterocycles. The van der Waals surface area contributed by atoms with Crippen LogP contribution in [0.15, 0.2) is 51.8 Å². The van der Waals surface area contributed by atoms with Crippen molar-refractivity contribution < 1.29 is 18.3 Å². The number of aromatic nitrogens is 2. The van der Waals surface area contributed by atoms with E-state index in [1.807, 2.05) is 45.0 Å². The van der Waals surface area contributed by atoms with Crippen molar-refractivity contribution >= 4 is 11.6 Å². The summed E-state index contributed by atoms with van der Waals surface area (Å²) in [6.07, 6.45) is 1.46. The number of hydrogen-bond donors (Lipinski definition) is 0. The van der Waals surface area contributed by atoms with E-state index >= 15 is 0 Å². The first-order valence-electron chi connectivity index (χ1n) is 11.1. The van der Waals surface area contributed by atoms with Gasteiger partial charge < -0.3 is 18.6 Å². The Morgan fingerprint density at radius 3 is 2.50 bits per heavy atom. The average Bonchev–Trinajstić information content (AvgIpc) is 3.30. The molecule has 3 heterocycles. The number of fused-ring (bicyclic) bond motifs is 1. The minimum atomic E-state index is -0.710. The van der Waals surface area contributed by atoms with E-state index in [-0.39, 0.29) is 24.5 Å². The summed E-state index contributed by atoms with van der Waals surface area (Å²) < 4.78 is 28.7. The summed E-state index contributed by atoms with van der Waals surface area (Å²) in [6, 6.07) is 10.3. The molecule has 7 nitrogen and oxygen atoms in total. The number of carbonyl (C=O) groups is 1. The highest BCUT2D eigenvalue weighted by atomic mass is 19.1. The van der Waals surface area contributed by atoms with E-state index in [1.165, 1.54) is 16.7 Å². The van der Waals surface area contributed by atoms with Crippen LogP contribution in [0.3, 0.4) is 0 Å². The molecular formula is C26H28FN3O4. The molecule has 8 heteroatoms. The van der Waals surface area contributed by atoms with Crippen LogP contribution in [-0.2, 0) is 17.8 Å². The second-order valence-electron chi connectivity index (χ2n) is 8.55. The van der Waals surface area contributed by atoms with Crippen molar-refractivity contribution in [3.63, 3.8) is 0 Å². The normalized spacial score (nSPS) is 11.5. The lowest BCUT2D eigenvalue weighted by Crippen LogP contribution is -2.28. The first-order chi connectivity index (χ1) is 16.2. The molecule has 0 amide bonds. The molecule has 178 valence electrons. The van der Waals surface area contributed by atoms with Crippen LogP contribution >= 0.6 is 0 Å². The highest BCUT2D eigenvalue weighted by Crippen LogP contribution is 2.33. The summed E-state index contributed by atoms with van der Waals surface area (Å²) >= 11 is 0. The lowest BCUT2D eigenvalue weighted by atomic mass is 10.1. The number of benzene rings is 1. The number of ether oxygens (including phenoxy) is 1. The van der Waals surface area contributed by atoms with Gasteiger partial charge in [0.05, 0.1) is 13.2 Å². The Labute approximate surface area is 197 Å². The van der Waals surface area contributed by atoms with E-state index in [1.54, 1.807) is 29.7 Å². The Kier molecular flexibility index (Phi) is 6.43. The Morgan fingerprint density at radius 1 is 1.15 bits per heavy atom. The third-order valence-electron chi connectivity index (χ3n) is 5.69. The van der Waals surface area contributed by atoms with Crippen molar-refractivity contribution in [2.24, 2.45) is 0 Å². The van der Waals surface area contributed by atoms with Gasteiger partial charge in [0, 0.05) is 35.1 Å². The van der Waals surface area contributed by atoms with Gasteiger partial charge in [0.15, 0.2) is 0 Å². The molecule has 34 heavy (non-hydrogen) atoms. The number of halogens is 1. The van der Waals surface area contributed by atoms with Gasteiger partial charge in [0.1, 0.15) is 28.5 Å². The topological polar surface area (TPSA) is 69.1 Å². The molecule has 0 aliphatic heterocycles. The minimum absolute atomic E-state index is 0.104. The van der Waals surface area contributed by atoms with Gasteiger partial charge in [-0.25, -0.2) is 9.18 Å². The fourth-order valence-electron chi connectivity index (χ4n) is 4.24. The maximum Gasteiger partial charge on any atom is 0.345 e. The smallest absolute Gasteiger partial charge is 0.345 e. The van der Waals surface area contributed by atoms with Crippen molar-refractivity contribution in [3.8, 4) is 11.1 Å². The molecule has 3 aromatic heterocycles. The summed E-state index contributed by atoms with van der Waals surface area (Å²) in [6.45, 7) is 6.14. The minimum Gasteiger partial charge on any atom is -0.466 e. The largest absolute Gasteiger partial charge is 0.466 e. The average molecular weight is 466 g/mol. The van der Waals surface area contributed by atoms with Gasteiger partial charge in [-0.1, -0.05) is 18.2 Å². The van der Waals surface area contributed by atoms with Crippen LogP contribution < -0.4 is 5.56 Å². The Hall–Kier alpha value is -3.65. The predicted molar refractivity (Wildman–Crippen MR) is 128 cm³/mol. The zero-order chi connectivity index (χ0) is 24.6. The van der Waals surface area contributed by atoms with E-state index in [2.05, 4.69) is 0 Å². The lowest BCUT2D eigenvalue weighted by Gasteiger charge is -2.15. The molecule has 0 spiro atoms. The maximum absolute atomic E-state index is 14.5. The van der Waals surface area contributed by atoms with Crippen molar-refractivity contribution in [3.05, 3.63) is 87.1 Å². The molecule has 0 aliphatic rings. The van der Waals surface area contributed by atoms with Crippen LogP contribution in [0.25, 0.3) is 16.8 Å². The molecule has 0 unspecified atom stereocenters. The van der Waals surface area contributed by atoms with Crippen molar-refractivity contribution in [2.75, 3.05) is 20.7 Å². The van der Waals surface area contributed by atoms with E-state index in [0.29, 0.717) is 23.4 Å². The highest BCUT2D eigenvalue weighted by molar-refractivity contribution is 5.89. The molecule has 0 atom stereocenters. The number of hydrogen-bond acceptors (Lipinski definition) is 5. The van der Waals surface area contributed by atoms with E-state index in [0.717, 1.165) is 22.6 Å². The lowest BCUT2D eigenvalue weighted by molar-refractivity contribution is 0.0523. The van der Waals surface area contributed by atoms with Gasteiger partial charge in [-0.15, -0.1) is 0 Å². The quantitative estimate of drug-likeness (QED) is 0.379. The highest BCUT2D eigenvalue weighted by Gasteiger charge is 2.24. The van der Waals surface area contributed by atoms with E-state index < -0.39 is 11.5 Å². The van der Waals surface area contributed by atoms with Gasteiger partial charge in [0.2, 0.25) is 0 Å². The second-order valence-corrected chi connectivity index (χ2v) is 8.55. The zero-order valence-electron chi connectivity index (χ0n) is 20.0. The van der Waals surface area contributed by atoms with Crippen molar-refractivity contribution in [1.82, 2.24) is 13.9 Å². The number of esters is 1. The fourth-order valence-corrected chi connectivity index (χ4v) is 4.24. The molecule has 1 aromatic carbocycles.